The highest BCUT2D eigenvalue weighted by Gasteiger charge is 2.18. The summed E-state index contributed by atoms with van der Waals surface area (Å²) >= 11 is 1.53. The summed E-state index contributed by atoms with van der Waals surface area (Å²) in [5.74, 6) is 0.811. The van der Waals surface area contributed by atoms with Crippen molar-refractivity contribution in [1.82, 2.24) is 4.90 Å². The van der Waals surface area contributed by atoms with Crippen molar-refractivity contribution < 1.29 is 9.21 Å². The topological polar surface area (TPSA) is 33.5 Å². The van der Waals surface area contributed by atoms with Gasteiger partial charge in [-0.1, -0.05) is 30.3 Å². The molecule has 0 atom stereocenters. The molecule has 0 radical (unpaired) electrons. The molecule has 0 spiro atoms. The van der Waals surface area contributed by atoms with Crippen LogP contribution in [0.15, 0.2) is 70.0 Å². The molecule has 2 heterocycles. The molecule has 21 heavy (non-hydrogen) atoms. The summed E-state index contributed by atoms with van der Waals surface area (Å²) in [4.78, 5) is 14.4. The smallest absolute Gasteiger partial charge is 0.255 e. The minimum atomic E-state index is 0.0245. The van der Waals surface area contributed by atoms with Crippen LogP contribution in [0.4, 0.5) is 0 Å². The van der Waals surface area contributed by atoms with Crippen molar-refractivity contribution in [2.75, 3.05) is 0 Å². The predicted octanol–water partition coefficient (Wildman–Crippen LogP) is 4.18. The molecule has 3 aromatic rings. The van der Waals surface area contributed by atoms with Crippen LogP contribution in [-0.2, 0) is 13.1 Å². The fourth-order valence-corrected chi connectivity index (χ4v) is 2.79. The van der Waals surface area contributed by atoms with Crippen molar-refractivity contribution >= 4 is 17.2 Å². The number of benzene rings is 1. The van der Waals surface area contributed by atoms with Gasteiger partial charge in [-0.25, -0.2) is 0 Å². The van der Waals surface area contributed by atoms with E-state index in [1.165, 1.54) is 11.3 Å². The molecule has 0 unspecified atom stereocenters. The Bertz CT molecular complexity index is 675. The molecular weight excluding hydrogens is 282 g/mol. The Morgan fingerprint density at radius 1 is 1.05 bits per heavy atom. The van der Waals surface area contributed by atoms with Crippen LogP contribution in [0.3, 0.4) is 0 Å². The van der Waals surface area contributed by atoms with Gasteiger partial charge in [0.15, 0.2) is 0 Å². The van der Waals surface area contributed by atoms with Gasteiger partial charge in [0.1, 0.15) is 5.76 Å². The molecule has 0 saturated carbocycles. The lowest BCUT2D eigenvalue weighted by atomic mass is 10.2. The number of thiophene rings is 1. The number of amides is 1. The third-order valence-electron chi connectivity index (χ3n) is 3.20. The van der Waals surface area contributed by atoms with E-state index >= 15 is 0 Å². The van der Waals surface area contributed by atoms with Crippen LogP contribution in [0, 0.1) is 0 Å². The van der Waals surface area contributed by atoms with Gasteiger partial charge >= 0.3 is 0 Å². The minimum Gasteiger partial charge on any atom is -0.467 e. The zero-order chi connectivity index (χ0) is 14.5. The average Bonchev–Trinajstić information content (AvgIpc) is 3.20. The molecule has 106 valence electrons. The number of rotatable bonds is 5. The van der Waals surface area contributed by atoms with Crippen LogP contribution in [0.2, 0.25) is 0 Å². The van der Waals surface area contributed by atoms with E-state index < -0.39 is 0 Å². The summed E-state index contributed by atoms with van der Waals surface area (Å²) in [5.41, 5.74) is 1.83. The van der Waals surface area contributed by atoms with Crippen LogP contribution >= 0.6 is 11.3 Å². The molecule has 0 fully saturated rings. The normalized spacial score (nSPS) is 10.5. The molecule has 1 amide bonds. The number of nitrogens with zero attached hydrogens (tertiary/aromatic N) is 1. The van der Waals surface area contributed by atoms with E-state index in [0.29, 0.717) is 13.1 Å². The molecule has 0 aliphatic heterocycles. The minimum absolute atomic E-state index is 0.0245. The SMILES string of the molecule is O=C(c1ccsc1)N(Cc1ccccc1)Cc1ccco1. The number of furan rings is 1. The standard InChI is InChI=1S/C17H15NO2S/c19-17(15-8-10-21-13-15)18(12-16-7-4-9-20-16)11-14-5-2-1-3-6-14/h1-10,13H,11-12H2. The molecule has 4 heteroatoms. The molecule has 2 aromatic heterocycles. The molecule has 0 aliphatic carbocycles. The monoisotopic (exact) mass is 297 g/mol. The number of hydrogen-bond donors (Lipinski definition) is 0. The summed E-state index contributed by atoms with van der Waals surface area (Å²) in [6.07, 6.45) is 1.63. The Morgan fingerprint density at radius 3 is 2.57 bits per heavy atom. The molecule has 0 saturated heterocycles. The highest BCUT2D eigenvalue weighted by Crippen LogP contribution is 2.16. The van der Waals surface area contributed by atoms with Crippen LogP contribution in [-0.4, -0.2) is 10.8 Å². The number of hydrogen-bond acceptors (Lipinski definition) is 3. The second-order valence-electron chi connectivity index (χ2n) is 4.74. The Morgan fingerprint density at radius 2 is 1.90 bits per heavy atom. The van der Waals surface area contributed by atoms with E-state index in [9.17, 15) is 4.79 Å². The van der Waals surface area contributed by atoms with Crippen molar-refractivity contribution in [3.63, 3.8) is 0 Å². The van der Waals surface area contributed by atoms with E-state index in [2.05, 4.69) is 0 Å². The van der Waals surface area contributed by atoms with E-state index in [4.69, 9.17) is 4.42 Å². The quantitative estimate of drug-likeness (QED) is 0.707. The summed E-state index contributed by atoms with van der Waals surface area (Å²) in [6, 6.07) is 15.6. The first-order valence-corrected chi connectivity index (χ1v) is 7.65. The van der Waals surface area contributed by atoms with Crippen molar-refractivity contribution in [2.45, 2.75) is 13.1 Å². The first-order valence-electron chi connectivity index (χ1n) is 6.71. The largest absolute Gasteiger partial charge is 0.467 e. The molecule has 0 bridgehead atoms. The zero-order valence-electron chi connectivity index (χ0n) is 11.4. The van der Waals surface area contributed by atoms with Crippen LogP contribution in [0.5, 0.6) is 0 Å². The third-order valence-corrected chi connectivity index (χ3v) is 3.88. The lowest BCUT2D eigenvalue weighted by molar-refractivity contribution is 0.0718. The Labute approximate surface area is 127 Å². The first kappa shape index (κ1) is 13.6. The summed E-state index contributed by atoms with van der Waals surface area (Å²) in [5, 5.41) is 3.79. The average molecular weight is 297 g/mol. The van der Waals surface area contributed by atoms with E-state index in [1.807, 2.05) is 59.3 Å². The van der Waals surface area contributed by atoms with E-state index in [0.717, 1.165) is 16.9 Å². The first-order chi connectivity index (χ1) is 10.3. The second-order valence-corrected chi connectivity index (χ2v) is 5.52. The highest BCUT2D eigenvalue weighted by atomic mass is 32.1. The molecule has 1 aromatic carbocycles. The summed E-state index contributed by atoms with van der Waals surface area (Å²) in [6.45, 7) is 1.03. The van der Waals surface area contributed by atoms with Gasteiger partial charge in [-0.15, -0.1) is 0 Å². The van der Waals surface area contributed by atoms with Crippen molar-refractivity contribution in [3.8, 4) is 0 Å². The molecule has 3 nitrogen and oxygen atoms in total. The van der Waals surface area contributed by atoms with Gasteiger partial charge in [-0.3, -0.25) is 4.79 Å². The van der Waals surface area contributed by atoms with Gasteiger partial charge in [0.05, 0.1) is 18.4 Å². The second kappa shape index (κ2) is 6.41. The van der Waals surface area contributed by atoms with Gasteiger partial charge in [0.2, 0.25) is 0 Å². The lowest BCUT2D eigenvalue weighted by Gasteiger charge is -2.21. The predicted molar refractivity (Wildman–Crippen MR) is 83.0 cm³/mol. The maximum atomic E-state index is 12.6. The third kappa shape index (κ3) is 3.41. The Kier molecular flexibility index (Phi) is 4.17. The maximum absolute atomic E-state index is 12.6. The van der Waals surface area contributed by atoms with Gasteiger partial charge in [-0.05, 0) is 29.1 Å². The highest BCUT2D eigenvalue weighted by molar-refractivity contribution is 7.08. The van der Waals surface area contributed by atoms with E-state index in [-0.39, 0.29) is 5.91 Å². The fourth-order valence-electron chi connectivity index (χ4n) is 2.16. The van der Waals surface area contributed by atoms with Gasteiger partial charge < -0.3 is 9.32 Å². The summed E-state index contributed by atoms with van der Waals surface area (Å²) in [7, 11) is 0. The summed E-state index contributed by atoms with van der Waals surface area (Å²) < 4.78 is 5.38. The Hall–Kier alpha value is -2.33. The number of carbonyl (C=O) groups is 1. The molecule has 3 rings (SSSR count). The van der Waals surface area contributed by atoms with Gasteiger partial charge in [0, 0.05) is 11.9 Å². The van der Waals surface area contributed by atoms with E-state index in [1.54, 1.807) is 11.2 Å². The van der Waals surface area contributed by atoms with Crippen molar-refractivity contribution in [2.24, 2.45) is 0 Å². The zero-order valence-corrected chi connectivity index (χ0v) is 12.3. The van der Waals surface area contributed by atoms with Crippen LogP contribution in [0.1, 0.15) is 21.7 Å². The fraction of sp³-hybridized carbons (Fsp3) is 0.118. The van der Waals surface area contributed by atoms with Gasteiger partial charge in [0.25, 0.3) is 5.91 Å². The van der Waals surface area contributed by atoms with Crippen LogP contribution in [0.25, 0.3) is 0 Å². The molecule has 0 N–H and O–H groups in total. The van der Waals surface area contributed by atoms with Crippen molar-refractivity contribution in [3.05, 3.63) is 82.4 Å². The lowest BCUT2D eigenvalue weighted by Crippen LogP contribution is -2.29. The van der Waals surface area contributed by atoms with Crippen LogP contribution < -0.4 is 0 Å². The van der Waals surface area contributed by atoms with Gasteiger partial charge in [-0.2, -0.15) is 11.3 Å². The molecule has 0 aliphatic rings. The number of carbonyl (C=O) groups excluding carboxylic acids is 1. The van der Waals surface area contributed by atoms with Crippen molar-refractivity contribution in [1.29, 1.82) is 0 Å². The maximum Gasteiger partial charge on any atom is 0.255 e. The molecular formula is C17H15NO2S. The Balaban J connectivity index is 1.82.